The van der Waals surface area contributed by atoms with Crippen molar-refractivity contribution in [2.75, 3.05) is 0 Å². The van der Waals surface area contributed by atoms with Gasteiger partial charge in [-0.05, 0) is 0 Å². The molecule has 0 aliphatic heterocycles. The van der Waals surface area contributed by atoms with E-state index in [0.29, 0.717) is 0 Å². The van der Waals surface area contributed by atoms with Gasteiger partial charge in [-0.3, -0.25) is 0 Å². The zero-order valence-electron chi connectivity index (χ0n) is 19.0. The van der Waals surface area contributed by atoms with Crippen LogP contribution in [0.4, 0.5) is 0 Å². The molecule has 0 bridgehead atoms. The minimum absolute atomic E-state index is 0.0718. The predicted octanol–water partition coefficient (Wildman–Crippen LogP) is 5.81. The van der Waals surface area contributed by atoms with Gasteiger partial charge in [0, 0.05) is 0 Å². The number of hydrogen-bond acceptors (Lipinski definition) is 2. The molecule has 2 aromatic carbocycles. The maximum atomic E-state index is 10.3. The van der Waals surface area contributed by atoms with Gasteiger partial charge in [0.1, 0.15) is 0 Å². The smallest absolute Gasteiger partial charge is 0.0623 e. The zero-order valence-corrected chi connectivity index (χ0v) is 23.6. The molecule has 0 radical (unpaired) electrons. The summed E-state index contributed by atoms with van der Waals surface area (Å²) in [6, 6.07) is 16.7. The fourth-order valence-electron chi connectivity index (χ4n) is 4.28. The second-order valence-corrected chi connectivity index (χ2v) is 40.5. The van der Waals surface area contributed by atoms with Crippen LogP contribution in [0, 0.1) is 0 Å². The van der Waals surface area contributed by atoms with Crippen molar-refractivity contribution in [3.8, 4) is 11.5 Å². The van der Waals surface area contributed by atoms with Crippen LogP contribution in [0.2, 0.25) is 13.1 Å². The molecule has 160 valence electrons. The Balaban J connectivity index is 0.000000199. The van der Waals surface area contributed by atoms with Gasteiger partial charge in [0.2, 0.25) is 0 Å². The van der Waals surface area contributed by atoms with Gasteiger partial charge in [-0.15, -0.1) is 11.5 Å². The Morgan fingerprint density at radius 3 is 1.29 bits per heavy atom. The molecular weight excluding hydrogens is 563 g/mol. The predicted molar refractivity (Wildman–Crippen MR) is 129 cm³/mol. The molecule has 31 heavy (non-hydrogen) atoms. The zero-order chi connectivity index (χ0) is 22.7. The summed E-state index contributed by atoms with van der Waals surface area (Å²) < 4.78 is 5.47. The van der Waals surface area contributed by atoms with Crippen molar-refractivity contribution < 1.29 is 28.3 Å². The fourth-order valence-corrected chi connectivity index (χ4v) is 45.9. The molecule has 0 saturated carbocycles. The van der Waals surface area contributed by atoms with Crippen molar-refractivity contribution >= 4 is 8.75 Å². The van der Waals surface area contributed by atoms with E-state index in [4.69, 9.17) is 0 Å². The standard InChI is InChI=1S/2C6H6O.2C5H5.C3H6.C2H6Si.Hf/c2*7-6-4-2-1-3-5-6;2*1-2-4-5-3-1;2*1-3-2;/h2*1-5,7H;2*1-3H,4H2;2*1-2H3;/q;;;;;;+2/p-2. The first-order valence-electron chi connectivity index (χ1n) is 10.7. The molecule has 4 heteroatoms. The summed E-state index contributed by atoms with van der Waals surface area (Å²) in [6.45, 7) is 9.93. The Bertz CT molecular complexity index is 997. The molecule has 2 nitrogen and oxygen atoms in total. The van der Waals surface area contributed by atoms with Gasteiger partial charge in [0.25, 0.3) is 0 Å². The van der Waals surface area contributed by atoms with Gasteiger partial charge in [-0.1, -0.05) is 60.7 Å². The van der Waals surface area contributed by atoms with Crippen LogP contribution in [-0.4, -0.2) is 8.75 Å². The second-order valence-electron chi connectivity index (χ2n) is 8.02. The number of rotatable bonds is 2. The molecule has 2 aliphatic rings. The van der Waals surface area contributed by atoms with Gasteiger partial charge in [0.15, 0.2) is 0 Å². The maximum absolute atomic E-state index is 10.3. The van der Waals surface area contributed by atoms with E-state index >= 15 is 0 Å². The summed E-state index contributed by atoms with van der Waals surface area (Å²) in [5.41, 5.74) is -0.229. The van der Waals surface area contributed by atoms with Gasteiger partial charge in [-0.2, -0.15) is 0 Å². The summed E-state index contributed by atoms with van der Waals surface area (Å²) in [6.07, 6.45) is 16.6. The van der Waals surface area contributed by atoms with Crippen LogP contribution in [0.1, 0.15) is 26.7 Å². The van der Waals surface area contributed by atoms with E-state index in [-0.39, 0.29) is 17.0 Å². The Labute approximate surface area is 191 Å². The molecule has 0 spiro atoms. The first-order valence-corrected chi connectivity index (χ1v) is 23.9. The monoisotopic (exact) mass is 596 g/mol. The van der Waals surface area contributed by atoms with E-state index in [1.807, 2.05) is 18.8 Å². The van der Waals surface area contributed by atoms with Crippen LogP contribution in [-0.2, 0) is 18.1 Å². The van der Waals surface area contributed by atoms with Crippen LogP contribution >= 0.6 is 0 Å². The average Bonchev–Trinajstić information content (AvgIpc) is 3.46. The molecule has 0 aromatic heterocycles. The largest absolute Gasteiger partial charge is 0.872 e. The van der Waals surface area contributed by atoms with Gasteiger partial charge >= 0.3 is 110 Å². The van der Waals surface area contributed by atoms with Gasteiger partial charge in [0.05, 0.1) is 0 Å². The number of benzene rings is 2. The van der Waals surface area contributed by atoms with E-state index in [0.717, 1.165) is 0 Å². The van der Waals surface area contributed by atoms with E-state index in [9.17, 15) is 10.2 Å². The van der Waals surface area contributed by atoms with Crippen LogP contribution in [0.25, 0.3) is 0 Å². The van der Waals surface area contributed by atoms with Crippen molar-refractivity contribution in [3.05, 3.63) is 104 Å². The molecule has 0 fully saturated rings. The van der Waals surface area contributed by atoms with Crippen molar-refractivity contribution in [1.82, 2.24) is 0 Å². The van der Waals surface area contributed by atoms with Crippen LogP contribution in [0.15, 0.2) is 104 Å². The van der Waals surface area contributed by atoms with E-state index in [1.54, 1.807) is 27.5 Å². The topological polar surface area (TPSA) is 46.1 Å². The van der Waals surface area contributed by atoms with Crippen molar-refractivity contribution in [3.63, 3.8) is 0 Å². The average molecular weight is 595 g/mol. The third-order valence-corrected chi connectivity index (χ3v) is 47.5. The Kier molecular flexibility index (Phi) is 10.4. The molecule has 0 atom stereocenters. The fraction of sp³-hybridized carbons (Fsp3) is 0.222. The summed E-state index contributed by atoms with van der Waals surface area (Å²) in [4.78, 5) is 0. The normalized spacial score (nSPS) is 12.9. The summed E-state index contributed by atoms with van der Waals surface area (Å²) in [5, 5.41) is 20.5. The number of hydrogen-bond donors (Lipinski definition) is 0. The summed E-state index contributed by atoms with van der Waals surface area (Å²) in [5.74, 6) is 0.144. The van der Waals surface area contributed by atoms with Crippen molar-refractivity contribution in [2.24, 2.45) is 0 Å². The summed E-state index contributed by atoms with van der Waals surface area (Å²) in [7, 11) is 0. The Morgan fingerprint density at radius 1 is 0.710 bits per heavy atom. The number of allylic oxidation sites excluding steroid dienone is 8. The first-order chi connectivity index (χ1) is 14.9. The van der Waals surface area contributed by atoms with Crippen LogP contribution in [0.5, 0.6) is 11.5 Å². The molecule has 0 N–H and O–H groups in total. The minimum Gasteiger partial charge on any atom is -0.872 e. The molecule has 0 heterocycles. The van der Waals surface area contributed by atoms with Crippen molar-refractivity contribution in [1.29, 1.82) is 0 Å². The third-order valence-electron chi connectivity index (χ3n) is 5.49. The molecule has 0 unspecified atom stereocenters. The van der Waals surface area contributed by atoms with Gasteiger partial charge < -0.3 is 10.2 Å². The molecule has 2 aromatic rings. The molecule has 0 saturated heterocycles. The Morgan fingerprint density at radius 2 is 1.10 bits per heavy atom. The second kappa shape index (κ2) is 12.7. The maximum Gasteiger partial charge on any atom is -0.0623 e. The molecule has 2 aliphatic carbocycles. The van der Waals surface area contributed by atoms with Crippen LogP contribution < -0.4 is 10.2 Å². The number of para-hydroxylation sites is 2. The molecule has 4 rings (SSSR count). The first kappa shape index (κ1) is 25.2. The molecular formula is C27H32HfO2Si. The quantitative estimate of drug-likeness (QED) is 0.412. The van der Waals surface area contributed by atoms with E-state index in [1.165, 1.54) is 37.1 Å². The SMILES string of the molecule is C[C](C)=[Hf+2]([C]1=CC=CC1)([C]1=CC=CC1)=[Si](C)C.[O-]c1ccccc1.[O-]c1ccccc1. The minimum atomic E-state index is -2.51. The Hall–Kier alpha value is -2.04. The third kappa shape index (κ3) is 6.98. The van der Waals surface area contributed by atoms with Crippen LogP contribution in [0.3, 0.4) is 0 Å². The molecule has 0 amide bonds. The summed E-state index contributed by atoms with van der Waals surface area (Å²) >= 11 is -2.51. The van der Waals surface area contributed by atoms with Crippen molar-refractivity contribution in [2.45, 2.75) is 39.8 Å². The van der Waals surface area contributed by atoms with E-state index < -0.39 is 18.1 Å². The van der Waals surface area contributed by atoms with Gasteiger partial charge in [-0.25, -0.2) is 0 Å². The van der Waals surface area contributed by atoms with E-state index in [2.05, 4.69) is 63.4 Å².